The van der Waals surface area contributed by atoms with Gasteiger partial charge < -0.3 is 38.3 Å². The highest BCUT2D eigenvalue weighted by Gasteiger charge is 2.67. The quantitative estimate of drug-likeness (QED) is 0.149. The molecule has 8 rings (SSSR count). The second-order valence-corrected chi connectivity index (χ2v) is 18.3. The molecule has 0 radical (unpaired) electrons. The van der Waals surface area contributed by atoms with E-state index in [-0.39, 0.29) is 85.1 Å². The molecule has 1 N–H and O–H groups in total. The number of rotatable bonds is 17. The van der Waals surface area contributed by atoms with E-state index in [9.17, 15) is 5.11 Å². The van der Waals surface area contributed by atoms with Gasteiger partial charge in [0.25, 0.3) is 0 Å². The Morgan fingerprint density at radius 3 is 2.32 bits per heavy atom. The van der Waals surface area contributed by atoms with Gasteiger partial charge in [0.2, 0.25) is 0 Å². The molecule has 8 fully saturated rings. The van der Waals surface area contributed by atoms with Crippen molar-refractivity contribution in [3.05, 3.63) is 49.6 Å². The summed E-state index contributed by atoms with van der Waals surface area (Å²) in [6.07, 6.45) is 14.9. The maximum atomic E-state index is 10.8. The minimum atomic E-state index is -0.645. The van der Waals surface area contributed by atoms with Crippen LogP contribution in [-0.4, -0.2) is 90.2 Å². The zero-order valence-electron chi connectivity index (χ0n) is 33.4. The van der Waals surface area contributed by atoms with Gasteiger partial charge >= 0.3 is 0 Å². The maximum absolute atomic E-state index is 10.8. The van der Waals surface area contributed by atoms with E-state index in [2.05, 4.69) is 60.9 Å². The summed E-state index contributed by atoms with van der Waals surface area (Å²) in [7, 11) is 0. The molecular weight excluding hydrogens is 668 g/mol. The smallest absolute Gasteiger partial charge is 0.172 e. The van der Waals surface area contributed by atoms with Crippen LogP contribution in [0.2, 0.25) is 0 Å². The molecule has 0 aromatic rings. The Morgan fingerprint density at radius 1 is 0.811 bits per heavy atom. The maximum Gasteiger partial charge on any atom is 0.172 e. The van der Waals surface area contributed by atoms with Gasteiger partial charge in [-0.1, -0.05) is 66.3 Å². The molecule has 0 aromatic heterocycles. The minimum Gasteiger partial charge on any atom is -0.393 e. The lowest BCUT2D eigenvalue weighted by atomic mass is 9.78. The summed E-state index contributed by atoms with van der Waals surface area (Å²) < 4.78 is 47.1. The molecule has 0 spiro atoms. The highest BCUT2D eigenvalue weighted by molar-refractivity contribution is 5.14. The van der Waals surface area contributed by atoms with Gasteiger partial charge in [-0.3, -0.25) is 0 Å². The van der Waals surface area contributed by atoms with Gasteiger partial charge in [0.15, 0.2) is 5.79 Å². The molecule has 0 amide bonds. The fourth-order valence-corrected chi connectivity index (χ4v) is 11.0. The molecule has 0 saturated carbocycles. The molecule has 8 heterocycles. The molecule has 8 heteroatoms. The molecule has 19 atom stereocenters. The lowest BCUT2D eigenvalue weighted by Crippen LogP contribution is -2.54. The van der Waals surface area contributed by atoms with Crippen molar-refractivity contribution in [1.29, 1.82) is 0 Å². The lowest BCUT2D eigenvalue weighted by Gasteiger charge is -2.42. The molecular formula is C45H70O8. The molecule has 8 aliphatic rings. The summed E-state index contributed by atoms with van der Waals surface area (Å²) in [5.41, 5.74) is 2.36. The van der Waals surface area contributed by atoms with E-state index in [1.807, 2.05) is 12.2 Å². The van der Waals surface area contributed by atoms with Gasteiger partial charge in [-0.15, -0.1) is 13.2 Å². The molecule has 8 aliphatic heterocycles. The summed E-state index contributed by atoms with van der Waals surface area (Å²) in [5, 5.41) is 10.8. The summed E-state index contributed by atoms with van der Waals surface area (Å²) in [4.78, 5) is 0. The second kappa shape index (κ2) is 16.6. The van der Waals surface area contributed by atoms with Crippen molar-refractivity contribution in [3.8, 4) is 0 Å². The van der Waals surface area contributed by atoms with Crippen molar-refractivity contribution < 1.29 is 38.3 Å². The number of aliphatic hydroxyl groups excluding tert-OH is 1. The summed E-state index contributed by atoms with van der Waals surface area (Å²) >= 11 is 0. The van der Waals surface area contributed by atoms with Gasteiger partial charge in [0.05, 0.1) is 61.0 Å². The Labute approximate surface area is 320 Å². The van der Waals surface area contributed by atoms with Crippen molar-refractivity contribution in [2.24, 2.45) is 29.6 Å². The van der Waals surface area contributed by atoms with E-state index in [0.29, 0.717) is 24.2 Å². The third-order valence-electron chi connectivity index (χ3n) is 14.5. The first kappa shape index (κ1) is 39.9. The van der Waals surface area contributed by atoms with Crippen LogP contribution in [0, 0.1) is 29.6 Å². The minimum absolute atomic E-state index is 0.0271. The first-order valence-electron chi connectivity index (χ1n) is 21.3. The van der Waals surface area contributed by atoms with E-state index in [4.69, 9.17) is 33.2 Å². The van der Waals surface area contributed by atoms with Crippen molar-refractivity contribution in [1.82, 2.24) is 0 Å². The Hall–Kier alpha value is -1.36. The van der Waals surface area contributed by atoms with Crippen LogP contribution >= 0.6 is 0 Å². The predicted molar refractivity (Wildman–Crippen MR) is 206 cm³/mol. The summed E-state index contributed by atoms with van der Waals surface area (Å²) in [6.45, 7) is 28.2. The van der Waals surface area contributed by atoms with E-state index < -0.39 is 11.9 Å². The van der Waals surface area contributed by atoms with E-state index in [1.165, 1.54) is 11.1 Å². The Bertz CT molecular complexity index is 1320. The SMILES string of the molecule is C=CCC(O)C[C@H]1C(C[C@H]2O[C@@H](CCC3O[C@@H](CC[C@@]45C[C@H]6O[C@H]7C(O4)[C@@H](C)[C@H](CC=C)O[C@H]7C6O5)CC3=C)C[C@@H](C)C2=C)O[C@H](C[C@H](C)CC)[C@@H]1C. The monoisotopic (exact) mass is 739 g/mol. The van der Waals surface area contributed by atoms with Crippen molar-refractivity contribution in [3.63, 3.8) is 0 Å². The molecule has 0 aliphatic carbocycles. The fraction of sp³-hybridized carbons (Fsp3) is 0.822. The lowest BCUT2D eigenvalue weighted by molar-refractivity contribution is -0.262. The van der Waals surface area contributed by atoms with E-state index in [0.717, 1.165) is 77.0 Å². The van der Waals surface area contributed by atoms with E-state index in [1.54, 1.807) is 0 Å². The average Bonchev–Trinajstić information content (AvgIpc) is 3.79. The molecule has 0 aromatic carbocycles. The van der Waals surface area contributed by atoms with Gasteiger partial charge in [-0.25, -0.2) is 0 Å². The third kappa shape index (κ3) is 8.23. The largest absolute Gasteiger partial charge is 0.393 e. The van der Waals surface area contributed by atoms with Crippen LogP contribution in [0.1, 0.15) is 118 Å². The first-order chi connectivity index (χ1) is 25.4. The topological polar surface area (TPSA) is 84.8 Å². The van der Waals surface area contributed by atoms with Gasteiger partial charge in [0, 0.05) is 25.2 Å². The van der Waals surface area contributed by atoms with Gasteiger partial charge in [-0.2, -0.15) is 0 Å². The zero-order chi connectivity index (χ0) is 37.6. The van der Waals surface area contributed by atoms with Crippen LogP contribution in [-0.2, 0) is 33.2 Å². The number of hydrogen-bond acceptors (Lipinski definition) is 8. The highest BCUT2D eigenvalue weighted by Crippen LogP contribution is 2.54. The Morgan fingerprint density at radius 2 is 1.57 bits per heavy atom. The predicted octanol–water partition coefficient (Wildman–Crippen LogP) is 8.41. The van der Waals surface area contributed by atoms with Gasteiger partial charge in [-0.05, 0) is 92.6 Å². The standard InChI is InChI=1S/C45H70O8/c1-10-13-31(46)22-34-29(8)37(19-25(4)12-3)49-39(34)23-38-28(7)26(5)20-32(48-38)15-16-35-27(6)21-33(47-35)17-18-45-24-40-42(53-45)44-43(51-40)41(52-45)30(9)36(50-44)14-11-2/h10-11,25-26,29-44,46H,1-2,6-7,12-24H2,3-5,8-9H3/t25-,26-,29-,30+,31?,32+,33+,34-,35?,36+,37-,38-,39?,40-,41?,42?,43+,44+,45-/m1/s1. The normalized spacial score (nSPS) is 47.2. The fourth-order valence-electron chi connectivity index (χ4n) is 11.0. The van der Waals surface area contributed by atoms with Crippen molar-refractivity contribution >= 4 is 0 Å². The zero-order valence-corrected chi connectivity index (χ0v) is 33.4. The Balaban J connectivity index is 0.921. The van der Waals surface area contributed by atoms with Crippen LogP contribution < -0.4 is 0 Å². The first-order valence-corrected chi connectivity index (χ1v) is 21.3. The van der Waals surface area contributed by atoms with Crippen LogP contribution in [0.4, 0.5) is 0 Å². The molecule has 6 bridgehead atoms. The summed E-state index contributed by atoms with van der Waals surface area (Å²) in [6, 6.07) is 0. The van der Waals surface area contributed by atoms with Crippen LogP contribution in [0.15, 0.2) is 49.6 Å². The number of hydrogen-bond donors (Lipinski definition) is 1. The van der Waals surface area contributed by atoms with Crippen LogP contribution in [0.25, 0.3) is 0 Å². The molecule has 5 unspecified atom stereocenters. The number of aliphatic hydroxyl groups is 1. The Kier molecular flexibility index (Phi) is 12.5. The third-order valence-corrected chi connectivity index (χ3v) is 14.5. The molecule has 8 nitrogen and oxygen atoms in total. The van der Waals surface area contributed by atoms with Gasteiger partial charge in [0.1, 0.15) is 18.3 Å². The van der Waals surface area contributed by atoms with E-state index >= 15 is 0 Å². The molecule has 8 saturated heterocycles. The van der Waals surface area contributed by atoms with Crippen LogP contribution in [0.5, 0.6) is 0 Å². The highest BCUT2D eigenvalue weighted by atomic mass is 16.8. The average molecular weight is 739 g/mol. The van der Waals surface area contributed by atoms with Crippen molar-refractivity contribution in [2.45, 2.75) is 203 Å². The molecule has 298 valence electrons. The summed E-state index contributed by atoms with van der Waals surface area (Å²) in [5.74, 6) is 1.22. The molecule has 53 heavy (non-hydrogen) atoms. The second-order valence-electron chi connectivity index (χ2n) is 18.3. The number of ether oxygens (including phenoxy) is 7. The van der Waals surface area contributed by atoms with Crippen molar-refractivity contribution in [2.75, 3.05) is 0 Å². The van der Waals surface area contributed by atoms with Crippen LogP contribution in [0.3, 0.4) is 0 Å².